The van der Waals surface area contributed by atoms with Gasteiger partial charge in [0.15, 0.2) is 5.05 Å². The van der Waals surface area contributed by atoms with Crippen molar-refractivity contribution < 1.29 is 9.84 Å². The molecule has 1 N–H and O–H groups in total. The smallest absolute Gasteiger partial charge is 0.166 e. The molecule has 0 atom stereocenters. The van der Waals surface area contributed by atoms with Crippen molar-refractivity contribution >= 4 is 17.3 Å². The SMILES string of the molecule is CO/C(C)=C/C=C(\C=C(C)C)C(C)(C)C(O)=S. The van der Waals surface area contributed by atoms with Gasteiger partial charge in [-0.25, -0.2) is 0 Å². The standard InChI is InChI=1S/C14H22O2S/c1-10(2)9-12(8-7-11(3)16-6)14(4,5)13(15)17/h7-9H,1-6H3,(H,15,17)/b11-7+,12-8+. The largest absolute Gasteiger partial charge is 0.501 e. The van der Waals surface area contributed by atoms with Crippen molar-refractivity contribution in [2.75, 3.05) is 7.11 Å². The number of aliphatic hydroxyl groups excluding tert-OH is 1. The third kappa shape index (κ3) is 5.18. The maximum Gasteiger partial charge on any atom is 0.166 e. The molecule has 0 saturated heterocycles. The quantitative estimate of drug-likeness (QED) is 0.449. The van der Waals surface area contributed by atoms with E-state index in [1.54, 1.807) is 7.11 Å². The molecule has 0 bridgehead atoms. The van der Waals surface area contributed by atoms with Crippen LogP contribution < -0.4 is 0 Å². The van der Waals surface area contributed by atoms with Crippen molar-refractivity contribution in [2.45, 2.75) is 34.6 Å². The fourth-order valence-electron chi connectivity index (χ4n) is 1.15. The summed E-state index contributed by atoms with van der Waals surface area (Å²) in [7, 11) is 1.63. The highest BCUT2D eigenvalue weighted by atomic mass is 32.1. The molecule has 3 heteroatoms. The molecule has 0 aromatic rings. The van der Waals surface area contributed by atoms with E-state index >= 15 is 0 Å². The van der Waals surface area contributed by atoms with Gasteiger partial charge in [0.25, 0.3) is 0 Å². The minimum Gasteiger partial charge on any atom is -0.501 e. The maximum absolute atomic E-state index is 9.60. The summed E-state index contributed by atoms with van der Waals surface area (Å²) in [4.78, 5) is 0. The molecule has 0 aliphatic rings. The lowest BCUT2D eigenvalue weighted by Crippen LogP contribution is -2.23. The number of methoxy groups -OCH3 is 1. The Labute approximate surface area is 110 Å². The van der Waals surface area contributed by atoms with Crippen LogP contribution in [0.1, 0.15) is 34.6 Å². The van der Waals surface area contributed by atoms with Crippen molar-refractivity contribution in [3.05, 3.63) is 35.1 Å². The molecular weight excluding hydrogens is 232 g/mol. The van der Waals surface area contributed by atoms with E-state index in [4.69, 9.17) is 17.0 Å². The number of ether oxygens (including phenoxy) is 1. The molecule has 0 aliphatic heterocycles. The van der Waals surface area contributed by atoms with E-state index in [-0.39, 0.29) is 5.05 Å². The van der Waals surface area contributed by atoms with Crippen LogP contribution in [-0.4, -0.2) is 17.3 Å². The third-order valence-electron chi connectivity index (χ3n) is 2.52. The topological polar surface area (TPSA) is 29.5 Å². The summed E-state index contributed by atoms with van der Waals surface area (Å²) in [6.07, 6.45) is 5.81. The van der Waals surface area contributed by atoms with E-state index in [0.29, 0.717) is 0 Å². The highest BCUT2D eigenvalue weighted by molar-refractivity contribution is 7.80. The molecule has 0 rings (SSSR count). The lowest BCUT2D eigenvalue weighted by molar-refractivity contribution is 0.293. The number of hydrogen-bond donors (Lipinski definition) is 1. The maximum atomic E-state index is 9.60. The summed E-state index contributed by atoms with van der Waals surface area (Å²) in [5, 5.41) is 9.59. The fraction of sp³-hybridized carbons (Fsp3) is 0.500. The lowest BCUT2D eigenvalue weighted by Gasteiger charge is -2.23. The zero-order valence-electron chi connectivity index (χ0n) is 11.5. The summed E-state index contributed by atoms with van der Waals surface area (Å²) < 4.78 is 5.08. The summed E-state index contributed by atoms with van der Waals surface area (Å²) in [5.41, 5.74) is 1.57. The molecule has 0 spiro atoms. The highest BCUT2D eigenvalue weighted by Gasteiger charge is 2.26. The van der Waals surface area contributed by atoms with Crippen LogP contribution in [0.15, 0.2) is 35.1 Å². The second kappa shape index (κ2) is 6.60. The van der Waals surface area contributed by atoms with Crippen LogP contribution in [-0.2, 0) is 4.74 Å². The average Bonchev–Trinajstić information content (AvgIpc) is 2.22. The van der Waals surface area contributed by atoms with E-state index < -0.39 is 5.41 Å². The molecule has 17 heavy (non-hydrogen) atoms. The van der Waals surface area contributed by atoms with Crippen LogP contribution in [0, 0.1) is 5.41 Å². The molecule has 0 aliphatic carbocycles. The van der Waals surface area contributed by atoms with Crippen molar-refractivity contribution in [2.24, 2.45) is 5.41 Å². The Balaban J connectivity index is 5.45. The number of aliphatic hydroxyl groups is 1. The zero-order valence-corrected chi connectivity index (χ0v) is 12.3. The predicted octanol–water partition coefficient (Wildman–Crippen LogP) is 4.34. The number of thiocarbonyl (C=S) groups is 1. The molecular formula is C14H22O2S. The first-order chi connectivity index (χ1) is 7.71. The minimum atomic E-state index is -0.545. The molecule has 2 nitrogen and oxygen atoms in total. The number of allylic oxidation sites excluding steroid dienone is 5. The highest BCUT2D eigenvalue weighted by Crippen LogP contribution is 2.29. The van der Waals surface area contributed by atoms with Gasteiger partial charge in [-0.1, -0.05) is 17.7 Å². The van der Waals surface area contributed by atoms with E-state index in [9.17, 15) is 5.11 Å². The van der Waals surface area contributed by atoms with Gasteiger partial charge in [0.05, 0.1) is 18.3 Å². The zero-order chi connectivity index (χ0) is 13.6. The summed E-state index contributed by atoms with van der Waals surface area (Å²) in [5.74, 6) is 0.810. The molecule has 0 unspecified atom stereocenters. The average molecular weight is 254 g/mol. The molecule has 0 saturated carbocycles. The van der Waals surface area contributed by atoms with E-state index in [1.807, 2.05) is 52.8 Å². The first-order valence-corrected chi connectivity index (χ1v) is 5.94. The number of rotatable bonds is 5. The van der Waals surface area contributed by atoms with Crippen molar-refractivity contribution in [3.8, 4) is 0 Å². The Bertz CT molecular complexity index is 370. The molecule has 96 valence electrons. The lowest BCUT2D eigenvalue weighted by atomic mass is 9.83. The first-order valence-electron chi connectivity index (χ1n) is 5.53. The minimum absolute atomic E-state index is 0.00952. The summed E-state index contributed by atoms with van der Waals surface area (Å²) in [6, 6.07) is 0. The van der Waals surface area contributed by atoms with E-state index in [2.05, 4.69) is 0 Å². The van der Waals surface area contributed by atoms with E-state index in [0.717, 1.165) is 16.9 Å². The van der Waals surface area contributed by atoms with Crippen LogP contribution in [0.5, 0.6) is 0 Å². The Morgan fingerprint density at radius 3 is 2.06 bits per heavy atom. The Kier molecular flexibility index (Phi) is 6.18. The fourth-order valence-corrected chi connectivity index (χ4v) is 1.26. The third-order valence-corrected chi connectivity index (χ3v) is 3.03. The molecule has 0 aromatic heterocycles. The summed E-state index contributed by atoms with van der Waals surface area (Å²) >= 11 is 4.90. The van der Waals surface area contributed by atoms with Gasteiger partial charge in [0.2, 0.25) is 0 Å². The molecule has 0 amide bonds. The van der Waals surface area contributed by atoms with Gasteiger partial charge in [-0.2, -0.15) is 0 Å². The van der Waals surface area contributed by atoms with Gasteiger partial charge in [-0.3, -0.25) is 0 Å². The van der Waals surface area contributed by atoms with Crippen molar-refractivity contribution in [3.63, 3.8) is 0 Å². The summed E-state index contributed by atoms with van der Waals surface area (Å²) in [6.45, 7) is 9.70. The molecule has 0 heterocycles. The van der Waals surface area contributed by atoms with Gasteiger partial charge in [-0.15, -0.1) is 0 Å². The second-order valence-corrected chi connectivity index (χ2v) is 5.14. The van der Waals surface area contributed by atoms with E-state index in [1.165, 1.54) is 0 Å². The van der Waals surface area contributed by atoms with Gasteiger partial charge in [0, 0.05) is 0 Å². The van der Waals surface area contributed by atoms with Crippen LogP contribution >= 0.6 is 12.2 Å². The second-order valence-electron chi connectivity index (χ2n) is 4.76. The van der Waals surface area contributed by atoms with Crippen molar-refractivity contribution in [1.29, 1.82) is 0 Å². The number of hydrogen-bond acceptors (Lipinski definition) is 2. The van der Waals surface area contributed by atoms with Crippen molar-refractivity contribution in [1.82, 2.24) is 0 Å². The van der Waals surface area contributed by atoms with Crippen LogP contribution in [0.4, 0.5) is 0 Å². The van der Waals surface area contributed by atoms with Gasteiger partial charge in [-0.05, 0) is 58.5 Å². The predicted molar refractivity (Wildman–Crippen MR) is 77.3 cm³/mol. The monoisotopic (exact) mass is 254 g/mol. The van der Waals surface area contributed by atoms with Gasteiger partial charge < -0.3 is 9.84 Å². The molecule has 0 radical (unpaired) electrons. The first kappa shape index (κ1) is 15.9. The van der Waals surface area contributed by atoms with Crippen LogP contribution in [0.2, 0.25) is 0 Å². The molecule has 0 fully saturated rings. The normalized spacial score (nSPS) is 13.3. The van der Waals surface area contributed by atoms with Gasteiger partial charge in [0.1, 0.15) is 0 Å². The van der Waals surface area contributed by atoms with Gasteiger partial charge >= 0.3 is 0 Å². The van der Waals surface area contributed by atoms with Crippen LogP contribution in [0.25, 0.3) is 0 Å². The Morgan fingerprint density at radius 1 is 1.18 bits per heavy atom. The Morgan fingerprint density at radius 2 is 1.71 bits per heavy atom. The Hall–Kier alpha value is -1.09. The molecule has 0 aromatic carbocycles. The van der Waals surface area contributed by atoms with Crippen LogP contribution in [0.3, 0.4) is 0 Å².